The molecule has 2 heteroatoms. The van der Waals surface area contributed by atoms with Gasteiger partial charge in [-0.05, 0) is 0 Å². The van der Waals surface area contributed by atoms with Gasteiger partial charge in [0.2, 0.25) is 0 Å². The van der Waals surface area contributed by atoms with Gasteiger partial charge in [0.25, 0.3) is 0 Å². The number of hydrogen-bond donors (Lipinski definition) is 0. The molecule has 0 aliphatic rings. The molecule has 0 saturated heterocycles. The quantitative estimate of drug-likeness (QED) is 0.533. The minimum atomic E-state index is -0.137. The maximum atomic E-state index is 2.53. The Hall–Kier alpha value is 0.434. The second-order valence-electron chi connectivity index (χ2n) is 2.77. The first kappa shape index (κ1) is 8.43. The van der Waals surface area contributed by atoms with E-state index >= 15 is 0 Å². The van der Waals surface area contributed by atoms with E-state index in [1.165, 1.54) is 12.1 Å². The maximum Gasteiger partial charge on any atom is 0.0244 e. The molecule has 0 heterocycles. The van der Waals surface area contributed by atoms with Crippen LogP contribution in [0.3, 0.4) is 0 Å². The normalized spacial score (nSPS) is 18.0. The zero-order chi connectivity index (χ0) is 6.57. The zero-order valence-corrected chi connectivity index (χ0v) is 8.88. The molecule has 0 radical (unpaired) electrons. The lowest BCUT2D eigenvalue weighted by Crippen LogP contribution is -2.27. The highest BCUT2D eigenvalue weighted by Crippen LogP contribution is 2.00. The zero-order valence-electron chi connectivity index (χ0n) is 6.57. The van der Waals surface area contributed by atoms with Crippen LogP contribution in [0.15, 0.2) is 0 Å². The van der Waals surface area contributed by atoms with Gasteiger partial charge in [-0.2, -0.15) is 0 Å². The largest absolute Gasteiger partial charge is 0.0741 e. The Labute approximate surface area is 56.3 Å². The van der Waals surface area contributed by atoms with Crippen molar-refractivity contribution in [3.05, 3.63) is 0 Å². The molecule has 0 spiro atoms. The van der Waals surface area contributed by atoms with E-state index in [0.717, 1.165) is 0 Å². The first-order valence-electron chi connectivity index (χ1n) is 3.72. The van der Waals surface area contributed by atoms with Crippen LogP contribution in [0.2, 0.25) is 25.2 Å². The Morgan fingerprint density at radius 3 is 1.25 bits per heavy atom. The van der Waals surface area contributed by atoms with E-state index in [0.29, 0.717) is 0 Å². The summed E-state index contributed by atoms with van der Waals surface area (Å²) in [5.74, 6) is 0. The van der Waals surface area contributed by atoms with Crippen molar-refractivity contribution in [2.75, 3.05) is 0 Å². The summed E-state index contributed by atoms with van der Waals surface area (Å²) in [5, 5.41) is 0. The fourth-order valence-electron chi connectivity index (χ4n) is 0.805. The molecule has 0 rings (SSSR count). The van der Waals surface area contributed by atoms with Gasteiger partial charge in [0.15, 0.2) is 0 Å². The topological polar surface area (TPSA) is 0 Å². The van der Waals surface area contributed by atoms with Gasteiger partial charge in [-0.25, -0.2) is 0 Å². The van der Waals surface area contributed by atoms with E-state index in [1.54, 1.807) is 0 Å². The third-order valence-electron chi connectivity index (χ3n) is 2.26. The van der Waals surface area contributed by atoms with Crippen LogP contribution in [0, 0.1) is 0 Å². The van der Waals surface area contributed by atoms with Gasteiger partial charge >= 0.3 is 0 Å². The van der Waals surface area contributed by atoms with Gasteiger partial charge in [-0.1, -0.05) is 39.0 Å². The Bertz CT molecular complexity index is 46.5. The van der Waals surface area contributed by atoms with Gasteiger partial charge < -0.3 is 0 Å². The lowest BCUT2D eigenvalue weighted by atomic mass is 11.0. The molecular formula is C6H18Si2. The van der Waals surface area contributed by atoms with Crippen LogP contribution >= 0.6 is 0 Å². The van der Waals surface area contributed by atoms with Crippen LogP contribution in [0.4, 0.5) is 0 Å². The average molecular weight is 146 g/mol. The van der Waals surface area contributed by atoms with Crippen molar-refractivity contribution in [3.63, 3.8) is 0 Å². The van der Waals surface area contributed by atoms with E-state index in [4.69, 9.17) is 0 Å². The molecule has 0 bridgehead atoms. The highest BCUT2D eigenvalue weighted by atomic mass is 29.2. The van der Waals surface area contributed by atoms with Crippen LogP contribution in [-0.4, -0.2) is 16.6 Å². The van der Waals surface area contributed by atoms with Crippen LogP contribution in [-0.2, 0) is 0 Å². The van der Waals surface area contributed by atoms with Crippen molar-refractivity contribution in [2.45, 2.75) is 39.0 Å². The molecule has 0 amide bonds. The summed E-state index contributed by atoms with van der Waals surface area (Å²) in [4.78, 5) is 0. The van der Waals surface area contributed by atoms with Crippen molar-refractivity contribution >= 4 is 16.6 Å². The minimum absolute atomic E-state index is 0.137. The van der Waals surface area contributed by atoms with Gasteiger partial charge in [0.1, 0.15) is 0 Å². The Kier molecular flexibility index (Phi) is 4.56. The fraction of sp³-hybridized carbons (Fsp3) is 1.00. The first-order valence-corrected chi connectivity index (χ1v) is 10.3. The van der Waals surface area contributed by atoms with Crippen LogP contribution in [0.25, 0.3) is 0 Å². The smallest absolute Gasteiger partial charge is 0.0244 e. The van der Waals surface area contributed by atoms with Crippen LogP contribution < -0.4 is 0 Å². The molecule has 8 heavy (non-hydrogen) atoms. The summed E-state index contributed by atoms with van der Waals surface area (Å²) in [7, 11) is -0.273. The SMILES string of the molecule is CC[SiH](C)[SiH](C)CC. The lowest BCUT2D eigenvalue weighted by molar-refractivity contribution is 1.40. The molecule has 2 atom stereocenters. The van der Waals surface area contributed by atoms with Crippen molar-refractivity contribution in [1.82, 2.24) is 0 Å². The first-order chi connectivity index (χ1) is 3.72. The van der Waals surface area contributed by atoms with Crippen molar-refractivity contribution in [3.8, 4) is 0 Å². The summed E-state index contributed by atoms with van der Waals surface area (Å²) < 4.78 is 0. The molecule has 0 aliphatic carbocycles. The van der Waals surface area contributed by atoms with E-state index in [9.17, 15) is 0 Å². The van der Waals surface area contributed by atoms with Crippen molar-refractivity contribution < 1.29 is 0 Å². The molecule has 0 aromatic rings. The summed E-state index contributed by atoms with van der Waals surface area (Å²) in [5.41, 5.74) is 0. The molecule has 0 fully saturated rings. The maximum absolute atomic E-state index is 2.53. The highest BCUT2D eigenvalue weighted by Gasteiger charge is 2.09. The molecule has 0 N–H and O–H groups in total. The number of hydrogen-bond acceptors (Lipinski definition) is 0. The molecule has 0 aromatic heterocycles. The second kappa shape index (κ2) is 4.33. The predicted molar refractivity (Wildman–Crippen MR) is 47.0 cm³/mol. The van der Waals surface area contributed by atoms with Crippen LogP contribution in [0.5, 0.6) is 0 Å². The van der Waals surface area contributed by atoms with Gasteiger partial charge in [-0.3, -0.25) is 0 Å². The molecule has 50 valence electrons. The summed E-state index contributed by atoms with van der Waals surface area (Å²) in [6, 6.07) is 3.06. The second-order valence-corrected chi connectivity index (χ2v) is 15.1. The fourth-order valence-corrected chi connectivity index (χ4v) is 7.24. The monoisotopic (exact) mass is 146 g/mol. The third-order valence-corrected chi connectivity index (χ3v) is 15.4. The average Bonchev–Trinajstić information content (AvgIpc) is 1.84. The lowest BCUT2D eigenvalue weighted by Gasteiger charge is -2.11. The standard InChI is InChI=1S/C6H18Si2/c1-5-7(3)8(4)6-2/h7-8H,5-6H2,1-4H3. The third kappa shape index (κ3) is 2.67. The molecule has 0 aliphatic heterocycles. The van der Waals surface area contributed by atoms with E-state index in [2.05, 4.69) is 26.9 Å². The predicted octanol–water partition coefficient (Wildman–Crippen LogP) is 1.82. The molecule has 0 nitrogen and oxygen atoms in total. The Morgan fingerprint density at radius 2 is 1.12 bits per heavy atom. The molecular weight excluding hydrogens is 128 g/mol. The highest BCUT2D eigenvalue weighted by molar-refractivity contribution is 7.21. The summed E-state index contributed by atoms with van der Waals surface area (Å²) in [6.07, 6.45) is 0. The Morgan fingerprint density at radius 1 is 0.875 bits per heavy atom. The molecule has 0 aromatic carbocycles. The molecule has 0 saturated carbocycles. The van der Waals surface area contributed by atoms with Crippen molar-refractivity contribution in [1.29, 1.82) is 0 Å². The van der Waals surface area contributed by atoms with Gasteiger partial charge in [0, 0.05) is 16.6 Å². The van der Waals surface area contributed by atoms with E-state index < -0.39 is 0 Å². The van der Waals surface area contributed by atoms with Crippen LogP contribution in [0.1, 0.15) is 13.8 Å². The van der Waals surface area contributed by atoms with Crippen molar-refractivity contribution in [2.24, 2.45) is 0 Å². The summed E-state index contributed by atoms with van der Waals surface area (Å²) in [6.45, 7) is 9.77. The van der Waals surface area contributed by atoms with Gasteiger partial charge in [-0.15, -0.1) is 0 Å². The molecule has 2 unspecified atom stereocenters. The van der Waals surface area contributed by atoms with E-state index in [-0.39, 0.29) is 16.6 Å². The van der Waals surface area contributed by atoms with Gasteiger partial charge in [0.05, 0.1) is 0 Å². The summed E-state index contributed by atoms with van der Waals surface area (Å²) >= 11 is 0. The minimum Gasteiger partial charge on any atom is -0.0741 e. The van der Waals surface area contributed by atoms with E-state index in [1.807, 2.05) is 0 Å². The Balaban J connectivity index is 3.29. The number of rotatable bonds is 3.